The van der Waals surface area contributed by atoms with Crippen LogP contribution in [0.15, 0.2) is 82.2 Å². The number of benzene rings is 3. The van der Waals surface area contributed by atoms with Crippen molar-refractivity contribution in [3.8, 4) is 0 Å². The molecule has 0 aliphatic rings. The fourth-order valence-electron chi connectivity index (χ4n) is 2.66. The second kappa shape index (κ2) is 8.58. The summed E-state index contributed by atoms with van der Waals surface area (Å²) in [5.74, 6) is -0.247. The summed E-state index contributed by atoms with van der Waals surface area (Å²) in [6.07, 6.45) is 0.813. The van der Waals surface area contributed by atoms with Gasteiger partial charge in [-0.15, -0.1) is 0 Å². The smallest absolute Gasteiger partial charge is 0.261 e. The molecule has 1 amide bonds. The van der Waals surface area contributed by atoms with Gasteiger partial charge in [-0.25, -0.2) is 8.42 Å². The third-order valence-corrected chi connectivity index (χ3v) is 6.10. The molecule has 0 heterocycles. The molecule has 0 fully saturated rings. The summed E-state index contributed by atoms with van der Waals surface area (Å²) >= 11 is 3.28. The minimum atomic E-state index is -3.69. The van der Waals surface area contributed by atoms with Crippen molar-refractivity contribution in [1.82, 2.24) is 0 Å². The van der Waals surface area contributed by atoms with Crippen LogP contribution in [0.1, 0.15) is 22.8 Å². The molecule has 0 aromatic heterocycles. The van der Waals surface area contributed by atoms with E-state index in [0.717, 1.165) is 22.1 Å². The van der Waals surface area contributed by atoms with Crippen LogP contribution < -0.4 is 10.0 Å². The molecular formula is C21H19BrN2O3S. The molecular weight excluding hydrogens is 440 g/mol. The van der Waals surface area contributed by atoms with Gasteiger partial charge in [0.2, 0.25) is 0 Å². The average Bonchev–Trinajstić information content (AvgIpc) is 2.69. The predicted molar refractivity (Wildman–Crippen MR) is 115 cm³/mol. The highest BCUT2D eigenvalue weighted by Crippen LogP contribution is 2.20. The van der Waals surface area contributed by atoms with E-state index in [0.29, 0.717) is 11.3 Å². The van der Waals surface area contributed by atoms with Crippen LogP contribution in [0.5, 0.6) is 0 Å². The third kappa shape index (κ3) is 4.79. The van der Waals surface area contributed by atoms with Crippen LogP contribution in [0.4, 0.5) is 11.4 Å². The molecule has 5 nitrogen and oxygen atoms in total. The molecule has 3 rings (SSSR count). The Morgan fingerprint density at radius 2 is 1.57 bits per heavy atom. The van der Waals surface area contributed by atoms with Crippen molar-refractivity contribution in [3.05, 3.63) is 88.4 Å². The Labute approximate surface area is 173 Å². The van der Waals surface area contributed by atoms with Crippen molar-refractivity contribution in [1.29, 1.82) is 0 Å². The van der Waals surface area contributed by atoms with Crippen molar-refractivity contribution >= 4 is 43.2 Å². The highest BCUT2D eigenvalue weighted by Gasteiger charge is 2.14. The maximum Gasteiger partial charge on any atom is 0.261 e. The van der Waals surface area contributed by atoms with Crippen molar-refractivity contribution < 1.29 is 13.2 Å². The zero-order valence-electron chi connectivity index (χ0n) is 15.1. The first-order chi connectivity index (χ1) is 13.4. The number of rotatable bonds is 6. The molecule has 7 heteroatoms. The summed E-state index contributed by atoms with van der Waals surface area (Å²) < 4.78 is 28.2. The molecule has 2 N–H and O–H groups in total. The van der Waals surface area contributed by atoms with Gasteiger partial charge in [0.05, 0.1) is 4.90 Å². The highest BCUT2D eigenvalue weighted by atomic mass is 79.9. The summed E-state index contributed by atoms with van der Waals surface area (Å²) in [6.45, 7) is 2.03. The van der Waals surface area contributed by atoms with Gasteiger partial charge >= 0.3 is 0 Å². The summed E-state index contributed by atoms with van der Waals surface area (Å²) in [5.41, 5.74) is 2.65. The molecule has 144 valence electrons. The van der Waals surface area contributed by atoms with Gasteiger partial charge in [-0.2, -0.15) is 0 Å². The topological polar surface area (TPSA) is 75.3 Å². The Hall–Kier alpha value is -2.64. The lowest BCUT2D eigenvalue weighted by atomic mass is 10.1. The number of nitrogens with one attached hydrogen (secondary N) is 2. The van der Waals surface area contributed by atoms with E-state index >= 15 is 0 Å². The maximum absolute atomic E-state index is 12.5. The largest absolute Gasteiger partial charge is 0.322 e. The van der Waals surface area contributed by atoms with Gasteiger partial charge in [0.25, 0.3) is 15.9 Å². The summed E-state index contributed by atoms with van der Waals surface area (Å²) in [5, 5.41) is 2.89. The standard InChI is InChI=1S/C21H19BrN2O3S/c1-2-15-5-3-4-6-20(15)23-21(25)16-7-11-18(12-8-16)24-28(26,27)19-13-9-17(22)10-14-19/h3-14,24H,2H2,1H3,(H,23,25). The SMILES string of the molecule is CCc1ccccc1NC(=O)c1ccc(NS(=O)(=O)c2ccc(Br)cc2)cc1. The lowest BCUT2D eigenvalue weighted by Crippen LogP contribution is -2.14. The molecule has 0 unspecified atom stereocenters. The van der Waals surface area contributed by atoms with E-state index < -0.39 is 10.0 Å². The summed E-state index contributed by atoms with van der Waals surface area (Å²) in [4.78, 5) is 12.6. The number of para-hydroxylation sites is 1. The van der Waals surface area contributed by atoms with Crippen molar-refractivity contribution in [2.45, 2.75) is 18.2 Å². The van der Waals surface area contributed by atoms with Crippen LogP contribution in [0.25, 0.3) is 0 Å². The summed E-state index contributed by atoms with van der Waals surface area (Å²) in [6, 6.07) is 20.3. The number of hydrogen-bond acceptors (Lipinski definition) is 3. The number of anilines is 2. The van der Waals surface area contributed by atoms with Crippen LogP contribution in [-0.4, -0.2) is 14.3 Å². The van der Waals surface area contributed by atoms with Crippen molar-refractivity contribution in [3.63, 3.8) is 0 Å². The van der Waals surface area contributed by atoms with Crippen LogP contribution in [-0.2, 0) is 16.4 Å². The number of hydrogen-bond donors (Lipinski definition) is 2. The van der Waals surface area contributed by atoms with E-state index in [1.54, 1.807) is 36.4 Å². The fraction of sp³-hybridized carbons (Fsp3) is 0.0952. The molecule has 0 aliphatic heterocycles. The zero-order valence-corrected chi connectivity index (χ0v) is 17.5. The molecule has 0 saturated heterocycles. The minimum Gasteiger partial charge on any atom is -0.322 e. The number of carbonyl (C=O) groups excluding carboxylic acids is 1. The first-order valence-corrected chi connectivity index (χ1v) is 10.9. The fourth-order valence-corrected chi connectivity index (χ4v) is 3.99. The second-order valence-electron chi connectivity index (χ2n) is 6.10. The molecule has 3 aromatic rings. The second-order valence-corrected chi connectivity index (χ2v) is 8.70. The first kappa shape index (κ1) is 20.1. The van der Waals surface area contributed by atoms with Gasteiger partial charge in [-0.05, 0) is 66.6 Å². The maximum atomic E-state index is 12.5. The van der Waals surface area contributed by atoms with E-state index in [2.05, 4.69) is 26.0 Å². The Morgan fingerprint density at radius 1 is 0.929 bits per heavy atom. The zero-order chi connectivity index (χ0) is 20.1. The molecule has 28 heavy (non-hydrogen) atoms. The van der Waals surface area contributed by atoms with Gasteiger partial charge in [0.1, 0.15) is 0 Å². The molecule has 0 aliphatic carbocycles. The first-order valence-electron chi connectivity index (χ1n) is 8.67. The average molecular weight is 459 g/mol. The quantitative estimate of drug-likeness (QED) is 0.541. The number of carbonyl (C=O) groups is 1. The molecule has 3 aromatic carbocycles. The third-order valence-electron chi connectivity index (χ3n) is 4.17. The van der Waals surface area contributed by atoms with Gasteiger partial charge in [-0.3, -0.25) is 9.52 Å². The molecule has 0 atom stereocenters. The Kier molecular flexibility index (Phi) is 6.16. The highest BCUT2D eigenvalue weighted by molar-refractivity contribution is 9.10. The van der Waals surface area contributed by atoms with Gasteiger partial charge < -0.3 is 5.32 Å². The van der Waals surface area contributed by atoms with Gasteiger partial charge in [0, 0.05) is 21.4 Å². The predicted octanol–water partition coefficient (Wildman–Crippen LogP) is 5.06. The number of halogens is 1. The molecule has 0 bridgehead atoms. The molecule has 0 saturated carbocycles. The van der Waals surface area contributed by atoms with E-state index in [4.69, 9.17) is 0 Å². The van der Waals surface area contributed by atoms with Crippen LogP contribution in [0, 0.1) is 0 Å². The lowest BCUT2D eigenvalue weighted by Gasteiger charge is -2.11. The number of sulfonamides is 1. The van der Waals surface area contributed by atoms with E-state index in [-0.39, 0.29) is 10.8 Å². The van der Waals surface area contributed by atoms with Crippen molar-refractivity contribution in [2.75, 3.05) is 10.0 Å². The molecule has 0 radical (unpaired) electrons. The van der Waals surface area contributed by atoms with Crippen molar-refractivity contribution in [2.24, 2.45) is 0 Å². The van der Waals surface area contributed by atoms with E-state index in [1.165, 1.54) is 12.1 Å². The Morgan fingerprint density at radius 3 is 2.21 bits per heavy atom. The van der Waals surface area contributed by atoms with E-state index in [9.17, 15) is 13.2 Å². The molecule has 0 spiro atoms. The Bertz CT molecular complexity index is 1080. The summed E-state index contributed by atoms with van der Waals surface area (Å²) in [7, 11) is -3.69. The lowest BCUT2D eigenvalue weighted by molar-refractivity contribution is 0.102. The minimum absolute atomic E-state index is 0.161. The van der Waals surface area contributed by atoms with Gasteiger partial charge in [-0.1, -0.05) is 41.1 Å². The normalized spacial score (nSPS) is 11.1. The van der Waals surface area contributed by atoms with Crippen LogP contribution in [0.2, 0.25) is 0 Å². The van der Waals surface area contributed by atoms with Crippen LogP contribution >= 0.6 is 15.9 Å². The monoisotopic (exact) mass is 458 g/mol. The Balaban J connectivity index is 1.72. The van der Waals surface area contributed by atoms with Gasteiger partial charge in [0.15, 0.2) is 0 Å². The number of amides is 1. The van der Waals surface area contributed by atoms with Crippen LogP contribution in [0.3, 0.4) is 0 Å². The van der Waals surface area contributed by atoms with E-state index in [1.807, 2.05) is 31.2 Å². The number of aryl methyl sites for hydroxylation is 1.